The summed E-state index contributed by atoms with van der Waals surface area (Å²) >= 11 is 1.44. The Bertz CT molecular complexity index is 905. The third kappa shape index (κ3) is 3.21. The molecule has 0 bridgehead atoms. The highest BCUT2D eigenvalue weighted by molar-refractivity contribution is 7.92. The van der Waals surface area contributed by atoms with Crippen LogP contribution in [0.1, 0.15) is 6.92 Å². The van der Waals surface area contributed by atoms with Gasteiger partial charge in [0, 0.05) is 6.20 Å². The molecule has 2 heterocycles. The molecule has 0 saturated carbocycles. The summed E-state index contributed by atoms with van der Waals surface area (Å²) in [5, 5.41) is 11.6. The first-order chi connectivity index (χ1) is 11.0. The summed E-state index contributed by atoms with van der Waals surface area (Å²) in [5.41, 5.74) is 1.29. The lowest BCUT2D eigenvalue weighted by atomic mass is 10.3. The van der Waals surface area contributed by atoms with Gasteiger partial charge in [-0.05, 0) is 36.6 Å². The number of benzene rings is 1. The third-order valence-corrected chi connectivity index (χ3v) is 5.95. The van der Waals surface area contributed by atoms with Crippen molar-refractivity contribution in [3.05, 3.63) is 54.0 Å². The van der Waals surface area contributed by atoms with Crippen molar-refractivity contribution in [1.29, 1.82) is 0 Å². The molecule has 0 radical (unpaired) electrons. The van der Waals surface area contributed by atoms with Crippen LogP contribution in [0.25, 0.3) is 10.2 Å². The zero-order chi connectivity index (χ0) is 16.4. The molecule has 0 aliphatic rings. The van der Waals surface area contributed by atoms with Gasteiger partial charge < -0.3 is 5.11 Å². The Labute approximate surface area is 138 Å². The first-order valence-electron chi connectivity index (χ1n) is 7.07. The molecule has 7 heteroatoms. The first-order valence-corrected chi connectivity index (χ1v) is 9.39. The van der Waals surface area contributed by atoms with Gasteiger partial charge in [0.1, 0.15) is 4.90 Å². The van der Waals surface area contributed by atoms with Crippen molar-refractivity contribution >= 4 is 37.3 Å². The second kappa shape index (κ2) is 6.27. The largest absolute Gasteiger partial charge is 0.392 e. The van der Waals surface area contributed by atoms with E-state index in [0.717, 1.165) is 10.2 Å². The molecule has 5 nitrogen and oxygen atoms in total. The van der Waals surface area contributed by atoms with Crippen LogP contribution in [0.15, 0.2) is 58.9 Å². The fourth-order valence-electron chi connectivity index (χ4n) is 2.27. The van der Waals surface area contributed by atoms with Crippen molar-refractivity contribution in [2.45, 2.75) is 17.9 Å². The van der Waals surface area contributed by atoms with Crippen molar-refractivity contribution in [2.75, 3.05) is 10.8 Å². The maximum absolute atomic E-state index is 13.0. The summed E-state index contributed by atoms with van der Waals surface area (Å²) in [7, 11) is -3.80. The number of para-hydroxylation sites is 1. The van der Waals surface area contributed by atoms with E-state index in [4.69, 9.17) is 0 Å². The normalized spacial score (nSPS) is 13.1. The molecule has 0 unspecified atom stereocenters. The summed E-state index contributed by atoms with van der Waals surface area (Å²) in [6, 6.07) is 12.2. The molecule has 0 aliphatic carbocycles. The van der Waals surface area contributed by atoms with E-state index in [0.29, 0.717) is 5.69 Å². The lowest BCUT2D eigenvalue weighted by Crippen LogP contribution is -2.36. The Morgan fingerprint density at radius 3 is 2.70 bits per heavy atom. The zero-order valence-corrected chi connectivity index (χ0v) is 14.1. The molecule has 3 aromatic rings. The molecular weight excluding hydrogens is 332 g/mol. The molecule has 0 aliphatic heterocycles. The Morgan fingerprint density at radius 2 is 2.00 bits per heavy atom. The third-order valence-electron chi connectivity index (χ3n) is 3.34. The van der Waals surface area contributed by atoms with E-state index >= 15 is 0 Å². The van der Waals surface area contributed by atoms with Gasteiger partial charge in [0.2, 0.25) is 0 Å². The highest BCUT2D eigenvalue weighted by Gasteiger charge is 2.26. The Morgan fingerprint density at radius 1 is 1.26 bits per heavy atom. The van der Waals surface area contributed by atoms with Gasteiger partial charge in [-0.2, -0.15) is 0 Å². The van der Waals surface area contributed by atoms with Crippen LogP contribution < -0.4 is 4.31 Å². The average molecular weight is 348 g/mol. The highest BCUT2D eigenvalue weighted by Crippen LogP contribution is 2.27. The second-order valence-electron chi connectivity index (χ2n) is 5.20. The standard InChI is InChI=1S/C16H16N2O3S2/c1-12(19)11-18(13-5-3-2-4-6-13)23(20,21)14-9-16-15(17-10-14)7-8-22-16/h2-10,12,19H,11H2,1H3/t12-/m0/s1. The molecule has 3 rings (SSSR count). The molecule has 1 atom stereocenters. The van der Waals surface area contributed by atoms with E-state index in [9.17, 15) is 13.5 Å². The van der Waals surface area contributed by atoms with E-state index in [-0.39, 0.29) is 11.4 Å². The minimum absolute atomic E-state index is 0.0190. The molecule has 0 spiro atoms. The fraction of sp³-hybridized carbons (Fsp3) is 0.188. The number of nitrogens with zero attached hydrogens (tertiary/aromatic N) is 2. The van der Waals surface area contributed by atoms with Gasteiger partial charge >= 0.3 is 0 Å². The van der Waals surface area contributed by atoms with Crippen molar-refractivity contribution in [2.24, 2.45) is 0 Å². The van der Waals surface area contributed by atoms with Crippen molar-refractivity contribution in [1.82, 2.24) is 4.98 Å². The van der Waals surface area contributed by atoms with Gasteiger partial charge in [0.05, 0.1) is 28.6 Å². The van der Waals surface area contributed by atoms with E-state index in [1.807, 2.05) is 17.5 Å². The van der Waals surface area contributed by atoms with Gasteiger partial charge in [-0.25, -0.2) is 8.42 Å². The van der Waals surface area contributed by atoms with Gasteiger partial charge in [-0.3, -0.25) is 9.29 Å². The van der Waals surface area contributed by atoms with Crippen LogP contribution >= 0.6 is 11.3 Å². The van der Waals surface area contributed by atoms with Gasteiger partial charge in [0.25, 0.3) is 10.0 Å². The predicted molar refractivity (Wildman–Crippen MR) is 92.3 cm³/mol. The number of fused-ring (bicyclic) bond motifs is 1. The molecule has 120 valence electrons. The number of pyridine rings is 1. The smallest absolute Gasteiger partial charge is 0.265 e. The molecule has 23 heavy (non-hydrogen) atoms. The quantitative estimate of drug-likeness (QED) is 0.770. The molecule has 2 aromatic heterocycles. The van der Waals surface area contributed by atoms with E-state index < -0.39 is 16.1 Å². The van der Waals surface area contributed by atoms with Crippen molar-refractivity contribution in [3.8, 4) is 0 Å². The maximum Gasteiger partial charge on any atom is 0.265 e. The number of aliphatic hydroxyl groups excluding tert-OH is 1. The Hall–Kier alpha value is -1.96. The second-order valence-corrected chi connectivity index (χ2v) is 8.01. The molecular formula is C16H16N2O3S2. The Kier molecular flexibility index (Phi) is 4.34. The van der Waals surface area contributed by atoms with Crippen molar-refractivity contribution < 1.29 is 13.5 Å². The summed E-state index contributed by atoms with van der Waals surface area (Å²) in [6.07, 6.45) is 0.575. The van der Waals surface area contributed by atoms with E-state index in [2.05, 4.69) is 4.98 Å². The first kappa shape index (κ1) is 15.9. The van der Waals surface area contributed by atoms with Gasteiger partial charge in [0.15, 0.2) is 0 Å². The summed E-state index contributed by atoms with van der Waals surface area (Å²) in [4.78, 5) is 4.33. The number of anilines is 1. The summed E-state index contributed by atoms with van der Waals surface area (Å²) < 4.78 is 28.1. The minimum Gasteiger partial charge on any atom is -0.392 e. The predicted octanol–water partition coefficient (Wildman–Crippen LogP) is 2.87. The lowest BCUT2D eigenvalue weighted by Gasteiger charge is -2.25. The molecule has 0 saturated heterocycles. The van der Waals surface area contributed by atoms with Crippen LogP contribution in [0, 0.1) is 0 Å². The molecule has 1 N–H and O–H groups in total. The van der Waals surface area contributed by atoms with Crippen LogP contribution in [-0.2, 0) is 10.0 Å². The zero-order valence-electron chi connectivity index (χ0n) is 12.5. The summed E-state index contributed by atoms with van der Waals surface area (Å²) in [6.45, 7) is 1.54. The molecule has 0 amide bonds. The average Bonchev–Trinajstić information content (AvgIpc) is 3.00. The Balaban J connectivity index is 2.09. The van der Waals surface area contributed by atoms with Crippen LogP contribution in [0.4, 0.5) is 5.69 Å². The molecule has 0 fully saturated rings. The van der Waals surface area contributed by atoms with Gasteiger partial charge in [-0.15, -0.1) is 11.3 Å². The van der Waals surface area contributed by atoms with Crippen molar-refractivity contribution in [3.63, 3.8) is 0 Å². The number of aliphatic hydroxyl groups is 1. The number of thiophene rings is 1. The number of rotatable bonds is 5. The molecule has 1 aromatic carbocycles. The number of hydrogen-bond acceptors (Lipinski definition) is 5. The monoisotopic (exact) mass is 348 g/mol. The lowest BCUT2D eigenvalue weighted by molar-refractivity contribution is 0.204. The highest BCUT2D eigenvalue weighted by atomic mass is 32.2. The topological polar surface area (TPSA) is 70.5 Å². The van der Waals surface area contributed by atoms with Gasteiger partial charge in [-0.1, -0.05) is 18.2 Å². The summed E-state index contributed by atoms with van der Waals surface area (Å²) in [5.74, 6) is 0. The maximum atomic E-state index is 13.0. The van der Waals surface area contributed by atoms with Crippen LogP contribution in [0.3, 0.4) is 0 Å². The number of hydrogen-bond donors (Lipinski definition) is 1. The number of sulfonamides is 1. The van der Waals surface area contributed by atoms with E-state index in [1.54, 1.807) is 37.3 Å². The number of aromatic nitrogens is 1. The SMILES string of the molecule is C[C@H](O)CN(c1ccccc1)S(=O)(=O)c1cnc2ccsc2c1. The van der Waals surface area contributed by atoms with Crippen LogP contribution in [0.5, 0.6) is 0 Å². The minimum atomic E-state index is -3.80. The van der Waals surface area contributed by atoms with E-state index in [1.165, 1.54) is 21.8 Å². The fourth-order valence-corrected chi connectivity index (χ4v) is 4.65. The van der Waals surface area contributed by atoms with Crippen LogP contribution in [0.2, 0.25) is 0 Å². The van der Waals surface area contributed by atoms with Crippen LogP contribution in [-0.4, -0.2) is 31.2 Å².